The van der Waals surface area contributed by atoms with Crippen molar-refractivity contribution in [1.82, 2.24) is 9.80 Å². The van der Waals surface area contributed by atoms with Crippen LogP contribution in [0.15, 0.2) is 18.2 Å². The molecule has 2 fully saturated rings. The Bertz CT molecular complexity index is 565. The lowest BCUT2D eigenvalue weighted by Crippen LogP contribution is -2.54. The second-order valence-corrected chi connectivity index (χ2v) is 7.19. The molecule has 1 aromatic rings. The van der Waals surface area contributed by atoms with Crippen LogP contribution in [0.4, 0.5) is 5.69 Å². The Morgan fingerprint density at radius 3 is 2.70 bits per heavy atom. The summed E-state index contributed by atoms with van der Waals surface area (Å²) in [7, 11) is 0. The van der Waals surface area contributed by atoms with Gasteiger partial charge in [0.15, 0.2) is 11.5 Å². The van der Waals surface area contributed by atoms with Crippen LogP contribution in [0.5, 0.6) is 11.5 Å². The van der Waals surface area contributed by atoms with Crippen molar-refractivity contribution in [3.05, 3.63) is 18.2 Å². The first-order valence-electron chi connectivity index (χ1n) is 9.48. The monoisotopic (exact) mass is 439 g/mol. The number of ether oxygens (including phenoxy) is 2. The van der Waals surface area contributed by atoms with Gasteiger partial charge in [-0.15, -0.1) is 37.2 Å². The number of halogens is 3. The van der Waals surface area contributed by atoms with Crippen molar-refractivity contribution in [2.75, 3.05) is 51.4 Å². The maximum Gasteiger partial charge on any atom is 0.231 e. The summed E-state index contributed by atoms with van der Waals surface area (Å²) < 4.78 is 10.8. The summed E-state index contributed by atoms with van der Waals surface area (Å²) in [6.07, 6.45) is 6.71. The van der Waals surface area contributed by atoms with Crippen molar-refractivity contribution in [1.29, 1.82) is 0 Å². The van der Waals surface area contributed by atoms with E-state index in [2.05, 4.69) is 21.2 Å². The molecule has 27 heavy (non-hydrogen) atoms. The van der Waals surface area contributed by atoms with E-state index in [1.807, 2.05) is 12.1 Å². The predicted molar refractivity (Wildman–Crippen MR) is 118 cm³/mol. The van der Waals surface area contributed by atoms with Gasteiger partial charge in [-0.1, -0.05) is 6.42 Å². The Morgan fingerprint density at radius 2 is 1.81 bits per heavy atom. The molecule has 0 bridgehead atoms. The van der Waals surface area contributed by atoms with Crippen LogP contribution in [0.25, 0.3) is 0 Å². The van der Waals surface area contributed by atoms with Crippen LogP contribution in [0.2, 0.25) is 0 Å². The topological polar surface area (TPSA) is 37.0 Å². The largest absolute Gasteiger partial charge is 0.454 e. The normalized spacial score (nSPS) is 21.3. The predicted octanol–water partition coefficient (Wildman–Crippen LogP) is 4.04. The van der Waals surface area contributed by atoms with Crippen LogP contribution in [-0.4, -0.2) is 61.9 Å². The number of benzene rings is 1. The number of piperazine rings is 1. The lowest BCUT2D eigenvalue weighted by atomic mass is 9.99. The molecule has 156 valence electrons. The molecule has 1 N–H and O–H groups in total. The second kappa shape index (κ2) is 12.1. The highest BCUT2D eigenvalue weighted by atomic mass is 35.5. The first-order valence-corrected chi connectivity index (χ1v) is 9.48. The SMILES string of the molecule is Cl.Cl.Cl.c1cc2c(cc1NCCCCN1CCN3CCCCC3C1)OCO2. The van der Waals surface area contributed by atoms with Gasteiger partial charge in [0.2, 0.25) is 6.79 Å². The summed E-state index contributed by atoms with van der Waals surface area (Å²) in [5, 5.41) is 3.50. The maximum absolute atomic E-state index is 5.42. The summed E-state index contributed by atoms with van der Waals surface area (Å²) in [5.74, 6) is 1.70. The van der Waals surface area contributed by atoms with Gasteiger partial charge in [-0.3, -0.25) is 4.90 Å². The zero-order valence-electron chi connectivity index (χ0n) is 15.7. The number of hydrogen-bond donors (Lipinski definition) is 1. The molecule has 1 atom stereocenters. The zero-order chi connectivity index (χ0) is 16.2. The summed E-state index contributed by atoms with van der Waals surface area (Å²) in [4.78, 5) is 5.38. The van der Waals surface area contributed by atoms with Crippen molar-refractivity contribution in [2.24, 2.45) is 0 Å². The number of nitrogens with one attached hydrogen (secondary N) is 1. The minimum atomic E-state index is 0. The van der Waals surface area contributed by atoms with E-state index in [4.69, 9.17) is 9.47 Å². The Morgan fingerprint density at radius 1 is 0.963 bits per heavy atom. The Labute approximate surface area is 181 Å². The minimum Gasteiger partial charge on any atom is -0.454 e. The molecule has 2 saturated heterocycles. The number of anilines is 1. The standard InChI is InChI=1S/C19H29N3O2.3ClH/c1-3-10-22-12-11-21(14-17(22)5-1)9-4-2-8-20-16-6-7-18-19(13-16)24-15-23-18;;;/h6-7,13,17,20H,1-5,8-12,14-15H2;3*1H. The van der Waals surface area contributed by atoms with Gasteiger partial charge in [0.05, 0.1) is 0 Å². The van der Waals surface area contributed by atoms with Crippen LogP contribution < -0.4 is 14.8 Å². The van der Waals surface area contributed by atoms with Crippen molar-refractivity contribution >= 4 is 42.9 Å². The quantitative estimate of drug-likeness (QED) is 0.676. The molecule has 5 nitrogen and oxygen atoms in total. The number of piperidine rings is 1. The van der Waals surface area contributed by atoms with Crippen LogP contribution in [0, 0.1) is 0 Å². The average Bonchev–Trinajstić information content (AvgIpc) is 3.09. The Kier molecular flexibility index (Phi) is 10.9. The van der Waals surface area contributed by atoms with E-state index in [-0.39, 0.29) is 37.2 Å². The molecule has 3 heterocycles. The fourth-order valence-corrected chi connectivity index (χ4v) is 4.12. The maximum atomic E-state index is 5.42. The molecule has 0 aliphatic carbocycles. The highest BCUT2D eigenvalue weighted by Gasteiger charge is 2.28. The first-order chi connectivity index (χ1) is 11.9. The molecule has 0 aromatic heterocycles. The third-order valence-corrected chi connectivity index (χ3v) is 5.52. The summed E-state index contributed by atoms with van der Waals surface area (Å²) in [6, 6.07) is 6.91. The summed E-state index contributed by atoms with van der Waals surface area (Å²) in [6.45, 7) is 7.75. The smallest absolute Gasteiger partial charge is 0.231 e. The van der Waals surface area contributed by atoms with Crippen molar-refractivity contribution < 1.29 is 9.47 Å². The minimum absolute atomic E-state index is 0. The number of nitrogens with zero attached hydrogens (tertiary/aromatic N) is 2. The van der Waals surface area contributed by atoms with Gasteiger partial charge >= 0.3 is 0 Å². The van der Waals surface area contributed by atoms with Gasteiger partial charge in [0, 0.05) is 44.0 Å². The van der Waals surface area contributed by atoms with Crippen molar-refractivity contribution in [2.45, 2.75) is 38.1 Å². The molecule has 1 unspecified atom stereocenters. The number of unbranched alkanes of at least 4 members (excludes halogenated alkanes) is 1. The van der Waals surface area contributed by atoms with Crippen molar-refractivity contribution in [3.63, 3.8) is 0 Å². The highest BCUT2D eigenvalue weighted by Crippen LogP contribution is 2.34. The number of rotatable bonds is 6. The van der Waals surface area contributed by atoms with Gasteiger partial charge in [-0.05, 0) is 50.9 Å². The Balaban J connectivity index is 0.00000121. The Hall–Kier alpha value is -0.590. The van der Waals surface area contributed by atoms with E-state index >= 15 is 0 Å². The fraction of sp³-hybridized carbons (Fsp3) is 0.684. The van der Waals surface area contributed by atoms with Crippen LogP contribution >= 0.6 is 37.2 Å². The molecule has 1 aromatic carbocycles. The van der Waals surface area contributed by atoms with Crippen molar-refractivity contribution in [3.8, 4) is 11.5 Å². The molecule has 0 radical (unpaired) electrons. The first kappa shape index (κ1) is 24.4. The lowest BCUT2D eigenvalue weighted by Gasteiger charge is -2.44. The van der Waals surface area contributed by atoms with E-state index in [1.54, 1.807) is 0 Å². The summed E-state index contributed by atoms with van der Waals surface area (Å²) in [5.41, 5.74) is 1.12. The van der Waals surface area contributed by atoms with E-state index in [0.29, 0.717) is 6.79 Å². The average molecular weight is 441 g/mol. The highest BCUT2D eigenvalue weighted by molar-refractivity contribution is 5.86. The number of fused-ring (bicyclic) bond motifs is 2. The zero-order valence-corrected chi connectivity index (χ0v) is 18.2. The van der Waals surface area contributed by atoms with Gasteiger partial charge in [-0.25, -0.2) is 0 Å². The molecular formula is C19H32Cl3N3O2. The van der Waals surface area contributed by atoms with Crippen LogP contribution in [0.3, 0.4) is 0 Å². The van der Waals surface area contributed by atoms with Gasteiger partial charge in [-0.2, -0.15) is 0 Å². The van der Waals surface area contributed by atoms with Gasteiger partial charge in [0.25, 0.3) is 0 Å². The molecule has 4 rings (SSSR count). The van der Waals surface area contributed by atoms with E-state index < -0.39 is 0 Å². The van der Waals surface area contributed by atoms with Gasteiger partial charge < -0.3 is 19.7 Å². The molecule has 3 aliphatic rings. The molecule has 0 amide bonds. The molecule has 0 spiro atoms. The third kappa shape index (κ3) is 6.47. The molecule has 3 aliphatic heterocycles. The summed E-state index contributed by atoms with van der Waals surface area (Å²) >= 11 is 0. The third-order valence-electron chi connectivity index (χ3n) is 5.52. The van der Waals surface area contributed by atoms with Crippen LogP contribution in [0.1, 0.15) is 32.1 Å². The lowest BCUT2D eigenvalue weighted by molar-refractivity contribution is 0.0488. The molecular weight excluding hydrogens is 409 g/mol. The second-order valence-electron chi connectivity index (χ2n) is 7.19. The molecule has 8 heteroatoms. The van der Waals surface area contributed by atoms with E-state index in [0.717, 1.165) is 29.8 Å². The van der Waals surface area contributed by atoms with Crippen LogP contribution in [-0.2, 0) is 0 Å². The number of hydrogen-bond acceptors (Lipinski definition) is 5. The van der Waals surface area contributed by atoms with E-state index in [1.165, 1.54) is 64.8 Å². The van der Waals surface area contributed by atoms with E-state index in [9.17, 15) is 0 Å². The fourth-order valence-electron chi connectivity index (χ4n) is 4.12. The van der Waals surface area contributed by atoms with Gasteiger partial charge in [0.1, 0.15) is 0 Å². The molecule has 0 saturated carbocycles.